The van der Waals surface area contributed by atoms with Gasteiger partial charge in [-0.2, -0.15) is 0 Å². The fraction of sp³-hybridized carbons (Fsp3) is 0.808. The summed E-state index contributed by atoms with van der Waals surface area (Å²) in [6.07, 6.45) is 9.64. The lowest BCUT2D eigenvalue weighted by Gasteiger charge is -2.57. The van der Waals surface area contributed by atoms with E-state index in [4.69, 9.17) is 4.84 Å². The Morgan fingerprint density at radius 3 is 2.68 bits per heavy atom. The van der Waals surface area contributed by atoms with Gasteiger partial charge in [0.1, 0.15) is 6.04 Å². The fourth-order valence-electron chi connectivity index (χ4n) is 8.19. The van der Waals surface area contributed by atoms with E-state index in [0.717, 1.165) is 44.2 Å². The molecule has 5 aliphatic rings. The number of carbonyl (C=O) groups excluding carboxylic acids is 1. The summed E-state index contributed by atoms with van der Waals surface area (Å²) in [6, 6.07) is -1.01. The second kappa shape index (κ2) is 8.63. The topological polar surface area (TPSA) is 120 Å². The van der Waals surface area contributed by atoms with Crippen molar-refractivity contribution in [1.29, 1.82) is 0 Å². The van der Waals surface area contributed by atoms with E-state index in [1.54, 1.807) is 0 Å². The van der Waals surface area contributed by atoms with Crippen LogP contribution < -0.4 is 0 Å². The molecular weight excluding hydrogens is 436 g/mol. The number of amides is 1. The molecule has 0 aromatic rings. The molecule has 3 saturated carbocycles. The first-order chi connectivity index (χ1) is 16.1. The molecule has 4 aliphatic carbocycles. The normalized spacial score (nSPS) is 44.8. The Morgan fingerprint density at radius 2 is 1.91 bits per heavy atom. The van der Waals surface area contributed by atoms with Crippen LogP contribution in [0.2, 0.25) is 0 Å². The number of rotatable bonds is 4. The Morgan fingerprint density at radius 1 is 1.12 bits per heavy atom. The van der Waals surface area contributed by atoms with Gasteiger partial charge in [0.05, 0.1) is 17.9 Å². The molecule has 0 unspecified atom stereocenters. The summed E-state index contributed by atoms with van der Waals surface area (Å²) in [4.78, 5) is 30.3. The smallest absolute Gasteiger partial charge is 0.326 e. The zero-order valence-corrected chi connectivity index (χ0v) is 20.3. The fourth-order valence-corrected chi connectivity index (χ4v) is 8.19. The molecule has 3 N–H and O–H groups in total. The van der Waals surface area contributed by atoms with Gasteiger partial charge >= 0.3 is 5.97 Å². The number of fused-ring (bicyclic) bond motifs is 5. The molecule has 1 amide bonds. The highest BCUT2D eigenvalue weighted by Gasteiger charge is 2.58. The molecule has 4 fully saturated rings. The quantitative estimate of drug-likeness (QED) is 0.539. The molecule has 0 radical (unpaired) electrons. The van der Waals surface area contributed by atoms with E-state index in [-0.39, 0.29) is 36.5 Å². The zero-order valence-electron chi connectivity index (χ0n) is 20.3. The van der Waals surface area contributed by atoms with Gasteiger partial charge < -0.3 is 25.1 Å². The first kappa shape index (κ1) is 23.8. The Hall–Kier alpha value is -1.93. The zero-order chi connectivity index (χ0) is 24.3. The van der Waals surface area contributed by atoms with E-state index in [1.165, 1.54) is 23.3 Å². The van der Waals surface area contributed by atoms with Crippen molar-refractivity contribution < 1.29 is 29.7 Å². The molecule has 188 valence electrons. The Labute approximate surface area is 201 Å². The third-order valence-corrected chi connectivity index (χ3v) is 10.2. The minimum absolute atomic E-state index is 0.0117. The number of oxime groups is 1. The first-order valence-electron chi connectivity index (χ1n) is 12.9. The van der Waals surface area contributed by atoms with Gasteiger partial charge in [0.15, 0.2) is 6.61 Å². The number of carbonyl (C=O) groups is 2. The summed E-state index contributed by atoms with van der Waals surface area (Å²) in [5, 5.41) is 33.9. The van der Waals surface area contributed by atoms with Gasteiger partial charge in [-0.15, -0.1) is 0 Å². The van der Waals surface area contributed by atoms with E-state index in [9.17, 15) is 24.9 Å². The molecule has 8 atom stereocenters. The van der Waals surface area contributed by atoms with Crippen molar-refractivity contribution >= 4 is 17.6 Å². The van der Waals surface area contributed by atoms with E-state index >= 15 is 0 Å². The Balaban J connectivity index is 1.24. The Kier molecular flexibility index (Phi) is 6.04. The van der Waals surface area contributed by atoms with Crippen LogP contribution in [0.4, 0.5) is 0 Å². The highest BCUT2D eigenvalue weighted by Crippen LogP contribution is 2.65. The third-order valence-electron chi connectivity index (χ3n) is 10.2. The number of nitrogens with zero attached hydrogens (tertiary/aromatic N) is 2. The summed E-state index contributed by atoms with van der Waals surface area (Å²) in [5.74, 6) is 0.380. The highest BCUT2D eigenvalue weighted by atomic mass is 16.6. The number of aliphatic hydroxyl groups is 2. The van der Waals surface area contributed by atoms with Gasteiger partial charge in [0.25, 0.3) is 5.91 Å². The number of hydrogen-bond acceptors (Lipinski definition) is 6. The van der Waals surface area contributed by atoms with Crippen molar-refractivity contribution in [3.05, 3.63) is 11.6 Å². The first-order valence-corrected chi connectivity index (χ1v) is 12.9. The minimum atomic E-state index is -1.11. The molecule has 5 rings (SSSR count). The van der Waals surface area contributed by atoms with Crippen molar-refractivity contribution in [1.82, 2.24) is 4.90 Å². The van der Waals surface area contributed by atoms with Crippen LogP contribution in [0.5, 0.6) is 0 Å². The monoisotopic (exact) mass is 474 g/mol. The number of allylic oxidation sites excluding steroid dienone is 2. The number of carboxylic acid groups (broad SMARTS) is 1. The molecule has 34 heavy (non-hydrogen) atoms. The number of carboxylic acids is 1. The van der Waals surface area contributed by atoms with Crippen LogP contribution in [0.25, 0.3) is 0 Å². The van der Waals surface area contributed by atoms with Crippen molar-refractivity contribution in [2.75, 3.05) is 13.2 Å². The lowest BCUT2D eigenvalue weighted by molar-refractivity contribution is -0.150. The maximum atomic E-state index is 12.4. The van der Waals surface area contributed by atoms with E-state index in [2.05, 4.69) is 25.1 Å². The van der Waals surface area contributed by atoms with Crippen LogP contribution in [-0.4, -0.2) is 69.2 Å². The summed E-state index contributed by atoms with van der Waals surface area (Å²) in [7, 11) is 0. The van der Waals surface area contributed by atoms with Crippen molar-refractivity contribution in [2.24, 2.45) is 33.7 Å². The summed E-state index contributed by atoms with van der Waals surface area (Å²) >= 11 is 0. The summed E-state index contributed by atoms with van der Waals surface area (Å²) in [6.45, 7) is 4.41. The number of aliphatic hydroxyl groups excluding tert-OH is 2. The molecule has 0 spiro atoms. The maximum Gasteiger partial charge on any atom is 0.326 e. The molecule has 0 bridgehead atoms. The molecular formula is C26H38N2O6. The average molecular weight is 475 g/mol. The predicted molar refractivity (Wildman–Crippen MR) is 125 cm³/mol. The van der Waals surface area contributed by atoms with Crippen LogP contribution >= 0.6 is 0 Å². The molecule has 8 nitrogen and oxygen atoms in total. The van der Waals surface area contributed by atoms with Crippen LogP contribution in [0.15, 0.2) is 16.8 Å². The second-order valence-electron chi connectivity index (χ2n) is 11.8. The molecule has 0 aromatic heterocycles. The van der Waals surface area contributed by atoms with Crippen molar-refractivity contribution in [3.8, 4) is 0 Å². The van der Waals surface area contributed by atoms with Crippen LogP contribution in [0, 0.1) is 28.6 Å². The largest absolute Gasteiger partial charge is 0.480 e. The van der Waals surface area contributed by atoms with Gasteiger partial charge in [-0.3, -0.25) is 4.79 Å². The number of likely N-dealkylation sites (tertiary alicyclic amines) is 1. The van der Waals surface area contributed by atoms with Crippen molar-refractivity contribution in [2.45, 2.75) is 89.9 Å². The highest BCUT2D eigenvalue weighted by molar-refractivity contribution is 5.96. The van der Waals surface area contributed by atoms with Crippen LogP contribution in [0.1, 0.15) is 71.6 Å². The molecule has 1 aliphatic heterocycles. The minimum Gasteiger partial charge on any atom is -0.480 e. The van der Waals surface area contributed by atoms with E-state index in [1.807, 2.05) is 0 Å². The van der Waals surface area contributed by atoms with Crippen molar-refractivity contribution in [3.63, 3.8) is 0 Å². The summed E-state index contributed by atoms with van der Waals surface area (Å²) in [5.41, 5.74) is 2.52. The molecule has 0 aromatic carbocycles. The number of hydrogen-bond donors (Lipinski definition) is 3. The van der Waals surface area contributed by atoms with Crippen LogP contribution in [-0.2, 0) is 14.4 Å². The van der Waals surface area contributed by atoms with Gasteiger partial charge in [-0.05, 0) is 86.0 Å². The third kappa shape index (κ3) is 3.77. The average Bonchev–Trinajstić information content (AvgIpc) is 3.33. The molecule has 1 saturated heterocycles. The maximum absolute atomic E-state index is 12.4. The van der Waals surface area contributed by atoms with E-state index < -0.39 is 24.0 Å². The lowest BCUT2D eigenvalue weighted by Crippen LogP contribution is -2.51. The number of β-amino-alcohol motifs (C(OH)–C–C–N with tert-alkyl or cyclic N) is 1. The van der Waals surface area contributed by atoms with E-state index in [0.29, 0.717) is 17.8 Å². The Bertz CT molecular complexity index is 917. The van der Waals surface area contributed by atoms with Gasteiger partial charge in [-0.25, -0.2) is 4.79 Å². The van der Waals surface area contributed by atoms with Gasteiger partial charge in [0.2, 0.25) is 0 Å². The van der Waals surface area contributed by atoms with Gasteiger partial charge in [0, 0.05) is 13.0 Å². The predicted octanol–water partition coefficient (Wildman–Crippen LogP) is 2.73. The van der Waals surface area contributed by atoms with Crippen LogP contribution in [0.3, 0.4) is 0 Å². The second-order valence-corrected chi connectivity index (χ2v) is 11.8. The molecule has 8 heteroatoms. The van der Waals surface area contributed by atoms with Gasteiger partial charge in [-0.1, -0.05) is 24.6 Å². The number of aliphatic carboxylic acids is 1. The lowest BCUT2D eigenvalue weighted by atomic mass is 9.47. The SMILES string of the molecule is C[C@]12CC[C@@H]3[C@H](CCC4=CC(=NOCC(=O)N5C[C@H](O)C[C@@H]5C(=O)O)CC[C@@]43C)[C@H]1CC[C@H]2O. The standard InChI is InChI=1S/C26H38N2O6/c1-25-9-7-16(27-34-14-23(31)28-13-17(29)12-21(28)24(32)33)11-15(25)3-4-18-19-5-6-22(30)26(19,2)10-8-20(18)25/h11,17-22,29-30H,3-10,12-14H2,1-2H3,(H,32,33)/t17-,18-,19-,20-,21-,22-,25+,26+/m1/s1. The molecule has 1 heterocycles. The summed E-state index contributed by atoms with van der Waals surface area (Å²) < 4.78 is 0.